The largest absolute Gasteiger partial charge is 0.356 e. The van der Waals surface area contributed by atoms with Crippen LogP contribution in [0.3, 0.4) is 0 Å². The molecule has 2 aromatic rings. The molecule has 0 bridgehead atoms. The number of hydrogen-bond acceptors (Lipinski definition) is 3. The van der Waals surface area contributed by atoms with Gasteiger partial charge in [0.05, 0.1) is 0 Å². The van der Waals surface area contributed by atoms with Crippen molar-refractivity contribution in [3.05, 3.63) is 40.8 Å². The Bertz CT molecular complexity index is 620. The fraction of sp³-hybridized carbons (Fsp3) is 0.429. The third-order valence-corrected chi connectivity index (χ3v) is 3.54. The predicted octanol–water partition coefficient (Wildman–Crippen LogP) is 1.93. The summed E-state index contributed by atoms with van der Waals surface area (Å²) in [7, 11) is 0. The SMILES string of the molecule is C[C@@H]1CCCN(c2cc(=O)n3ccccc3n2)C1. The normalized spacial score (nSPS) is 20.3. The maximum Gasteiger partial charge on any atom is 0.259 e. The van der Waals surface area contributed by atoms with Crippen LogP contribution in [0.1, 0.15) is 19.8 Å². The zero-order valence-electron chi connectivity index (χ0n) is 10.5. The van der Waals surface area contributed by atoms with Crippen LogP contribution in [0.25, 0.3) is 5.65 Å². The molecule has 94 valence electrons. The quantitative estimate of drug-likeness (QED) is 0.768. The lowest BCUT2D eigenvalue weighted by molar-refractivity contribution is 0.444. The molecule has 3 heterocycles. The summed E-state index contributed by atoms with van der Waals surface area (Å²) in [5, 5.41) is 0. The molecule has 1 fully saturated rings. The molecule has 3 rings (SSSR count). The second kappa shape index (κ2) is 4.44. The molecular formula is C14H17N3O. The van der Waals surface area contributed by atoms with Crippen LogP contribution >= 0.6 is 0 Å². The van der Waals surface area contributed by atoms with Crippen molar-refractivity contribution >= 4 is 11.5 Å². The fourth-order valence-electron chi connectivity index (χ4n) is 2.60. The second-order valence-corrected chi connectivity index (χ2v) is 5.07. The third kappa shape index (κ3) is 1.98. The van der Waals surface area contributed by atoms with Gasteiger partial charge in [0.2, 0.25) is 0 Å². The Labute approximate surface area is 106 Å². The number of nitrogens with zero attached hydrogens (tertiary/aromatic N) is 3. The van der Waals surface area contributed by atoms with Crippen LogP contribution in [0.4, 0.5) is 5.82 Å². The molecule has 2 aromatic heterocycles. The number of fused-ring (bicyclic) bond motifs is 1. The Balaban J connectivity index is 2.04. The van der Waals surface area contributed by atoms with E-state index in [9.17, 15) is 4.79 Å². The number of piperidine rings is 1. The van der Waals surface area contributed by atoms with Gasteiger partial charge >= 0.3 is 0 Å². The van der Waals surface area contributed by atoms with Crippen molar-refractivity contribution in [1.29, 1.82) is 0 Å². The number of pyridine rings is 1. The maximum absolute atomic E-state index is 12.0. The van der Waals surface area contributed by atoms with Crippen LogP contribution in [0.5, 0.6) is 0 Å². The average molecular weight is 243 g/mol. The van der Waals surface area contributed by atoms with Crippen LogP contribution in [0.2, 0.25) is 0 Å². The lowest BCUT2D eigenvalue weighted by atomic mass is 10.0. The van der Waals surface area contributed by atoms with Crippen molar-refractivity contribution in [1.82, 2.24) is 9.38 Å². The van der Waals surface area contributed by atoms with Crippen molar-refractivity contribution in [3.8, 4) is 0 Å². The van der Waals surface area contributed by atoms with Gasteiger partial charge < -0.3 is 4.90 Å². The lowest BCUT2D eigenvalue weighted by Gasteiger charge is -2.31. The van der Waals surface area contributed by atoms with Crippen molar-refractivity contribution in [2.24, 2.45) is 5.92 Å². The number of rotatable bonds is 1. The van der Waals surface area contributed by atoms with Crippen LogP contribution in [-0.4, -0.2) is 22.5 Å². The topological polar surface area (TPSA) is 37.6 Å². The van der Waals surface area contributed by atoms with Crippen molar-refractivity contribution in [2.75, 3.05) is 18.0 Å². The smallest absolute Gasteiger partial charge is 0.259 e. The molecule has 0 aromatic carbocycles. The van der Waals surface area contributed by atoms with Gasteiger partial charge in [-0.25, -0.2) is 4.98 Å². The summed E-state index contributed by atoms with van der Waals surface area (Å²) in [6, 6.07) is 7.27. The summed E-state index contributed by atoms with van der Waals surface area (Å²) < 4.78 is 1.58. The first-order valence-corrected chi connectivity index (χ1v) is 6.47. The Hall–Kier alpha value is -1.84. The standard InChI is InChI=1S/C14H17N3O/c1-11-5-4-7-16(10-11)13-9-14(18)17-8-3-2-6-12(17)15-13/h2-3,6,8-9,11H,4-5,7,10H2,1H3/t11-/m1/s1. The highest BCUT2D eigenvalue weighted by molar-refractivity contribution is 5.48. The summed E-state index contributed by atoms with van der Waals surface area (Å²) in [5.41, 5.74) is 0.715. The van der Waals surface area contributed by atoms with Gasteiger partial charge in [-0.2, -0.15) is 0 Å². The molecule has 4 nitrogen and oxygen atoms in total. The van der Waals surface area contributed by atoms with Crippen LogP contribution in [0.15, 0.2) is 35.3 Å². The molecule has 1 saturated heterocycles. The Morgan fingerprint density at radius 2 is 2.28 bits per heavy atom. The zero-order chi connectivity index (χ0) is 12.5. The number of anilines is 1. The number of aromatic nitrogens is 2. The van der Waals surface area contributed by atoms with E-state index in [0.717, 1.165) is 24.6 Å². The van der Waals surface area contributed by atoms with Gasteiger partial charge in [-0.05, 0) is 30.9 Å². The van der Waals surface area contributed by atoms with E-state index in [1.54, 1.807) is 16.7 Å². The van der Waals surface area contributed by atoms with Gasteiger partial charge in [0.1, 0.15) is 11.5 Å². The molecule has 4 heteroatoms. The van der Waals surface area contributed by atoms with E-state index in [-0.39, 0.29) is 5.56 Å². The minimum Gasteiger partial charge on any atom is -0.356 e. The van der Waals surface area contributed by atoms with Gasteiger partial charge in [-0.15, -0.1) is 0 Å². The van der Waals surface area contributed by atoms with E-state index >= 15 is 0 Å². The summed E-state index contributed by atoms with van der Waals surface area (Å²) in [5.74, 6) is 1.49. The fourth-order valence-corrected chi connectivity index (χ4v) is 2.60. The molecule has 0 spiro atoms. The molecule has 1 atom stereocenters. The van der Waals surface area contributed by atoms with E-state index in [1.165, 1.54) is 12.8 Å². The average Bonchev–Trinajstić information content (AvgIpc) is 2.39. The van der Waals surface area contributed by atoms with Crippen molar-refractivity contribution in [3.63, 3.8) is 0 Å². The molecule has 0 amide bonds. The van der Waals surface area contributed by atoms with E-state index < -0.39 is 0 Å². The molecule has 0 saturated carbocycles. The van der Waals surface area contributed by atoms with E-state index in [2.05, 4.69) is 16.8 Å². The summed E-state index contributed by atoms with van der Waals surface area (Å²) >= 11 is 0. The van der Waals surface area contributed by atoms with Crippen LogP contribution in [-0.2, 0) is 0 Å². The Morgan fingerprint density at radius 3 is 3.11 bits per heavy atom. The minimum absolute atomic E-state index is 0.00572. The van der Waals surface area contributed by atoms with Crippen molar-refractivity contribution < 1.29 is 0 Å². The third-order valence-electron chi connectivity index (χ3n) is 3.54. The highest BCUT2D eigenvalue weighted by atomic mass is 16.1. The van der Waals surface area contributed by atoms with E-state index in [4.69, 9.17) is 0 Å². The van der Waals surface area contributed by atoms with Gasteiger partial charge in [0.15, 0.2) is 0 Å². The monoisotopic (exact) mass is 243 g/mol. The molecular weight excluding hydrogens is 226 g/mol. The van der Waals surface area contributed by atoms with Gasteiger partial charge in [-0.3, -0.25) is 9.20 Å². The number of hydrogen-bond donors (Lipinski definition) is 0. The first-order chi connectivity index (χ1) is 8.74. The zero-order valence-corrected chi connectivity index (χ0v) is 10.5. The highest BCUT2D eigenvalue weighted by Crippen LogP contribution is 2.20. The molecule has 0 N–H and O–H groups in total. The van der Waals surface area contributed by atoms with E-state index in [0.29, 0.717) is 5.92 Å². The molecule has 0 unspecified atom stereocenters. The van der Waals surface area contributed by atoms with Gasteiger partial charge in [0.25, 0.3) is 5.56 Å². The van der Waals surface area contributed by atoms with Crippen LogP contribution < -0.4 is 10.5 Å². The first-order valence-electron chi connectivity index (χ1n) is 6.47. The maximum atomic E-state index is 12.0. The van der Waals surface area contributed by atoms with Gasteiger partial charge in [0, 0.05) is 25.4 Å². The van der Waals surface area contributed by atoms with Crippen molar-refractivity contribution in [2.45, 2.75) is 19.8 Å². The molecule has 18 heavy (non-hydrogen) atoms. The molecule has 1 aliphatic rings. The minimum atomic E-state index is -0.00572. The highest BCUT2D eigenvalue weighted by Gasteiger charge is 2.18. The Morgan fingerprint density at radius 1 is 1.39 bits per heavy atom. The summed E-state index contributed by atoms with van der Waals surface area (Å²) in [6.07, 6.45) is 4.20. The summed E-state index contributed by atoms with van der Waals surface area (Å²) in [6.45, 7) is 4.25. The van der Waals surface area contributed by atoms with Gasteiger partial charge in [-0.1, -0.05) is 13.0 Å². The predicted molar refractivity (Wildman–Crippen MR) is 72.1 cm³/mol. The van der Waals surface area contributed by atoms with E-state index in [1.807, 2.05) is 18.2 Å². The summed E-state index contributed by atoms with van der Waals surface area (Å²) in [4.78, 5) is 18.8. The Kier molecular flexibility index (Phi) is 2.78. The molecule has 0 aliphatic carbocycles. The first kappa shape index (κ1) is 11.3. The van der Waals surface area contributed by atoms with Crippen LogP contribution in [0, 0.1) is 5.92 Å². The lowest BCUT2D eigenvalue weighted by Crippen LogP contribution is -2.35. The molecule has 1 aliphatic heterocycles. The molecule has 0 radical (unpaired) electrons. The second-order valence-electron chi connectivity index (χ2n) is 5.07.